The molecule has 0 saturated carbocycles. The lowest BCUT2D eigenvalue weighted by Gasteiger charge is -2.21. The van der Waals surface area contributed by atoms with Crippen LogP contribution in [0.2, 0.25) is 0 Å². The van der Waals surface area contributed by atoms with Gasteiger partial charge < -0.3 is 23.5 Å². The minimum Gasteiger partial charge on any atom is -0.493 e. The zero-order valence-electron chi connectivity index (χ0n) is 17.6. The first kappa shape index (κ1) is 21.2. The number of likely N-dealkylation sites (N-methyl/N-ethyl adjacent to an activating group) is 1. The number of nitrogens with zero attached hydrogens (tertiary/aromatic N) is 1. The van der Waals surface area contributed by atoms with Crippen LogP contribution < -0.4 is 9.47 Å². The van der Waals surface area contributed by atoms with Crippen molar-refractivity contribution in [3.05, 3.63) is 59.4 Å². The van der Waals surface area contributed by atoms with E-state index in [1.54, 1.807) is 38.2 Å². The first-order valence-corrected chi connectivity index (χ1v) is 9.62. The second-order valence-corrected chi connectivity index (χ2v) is 6.73. The smallest absolute Gasteiger partial charge is 0.375 e. The standard InChI is InChI=1S/C23H25NO6/c1-5-24(13-16-10-11-19(27-3)20(12-16)28-4)21(25)14-29-23(26)22-15(2)17-8-6-7-9-18(17)30-22/h6-12H,5,13-14H2,1-4H3. The van der Waals surface area contributed by atoms with E-state index in [-0.39, 0.29) is 18.3 Å². The van der Waals surface area contributed by atoms with Crippen molar-refractivity contribution in [3.8, 4) is 11.5 Å². The van der Waals surface area contributed by atoms with Gasteiger partial charge in [-0.15, -0.1) is 0 Å². The highest BCUT2D eigenvalue weighted by Crippen LogP contribution is 2.28. The summed E-state index contributed by atoms with van der Waals surface area (Å²) in [6, 6.07) is 12.8. The average molecular weight is 411 g/mol. The fraction of sp³-hybridized carbons (Fsp3) is 0.304. The largest absolute Gasteiger partial charge is 0.493 e. The van der Waals surface area contributed by atoms with Gasteiger partial charge in [0, 0.05) is 24.0 Å². The highest BCUT2D eigenvalue weighted by atomic mass is 16.5. The highest BCUT2D eigenvalue weighted by Gasteiger charge is 2.21. The van der Waals surface area contributed by atoms with Gasteiger partial charge in [-0.2, -0.15) is 0 Å². The summed E-state index contributed by atoms with van der Waals surface area (Å²) in [5.41, 5.74) is 2.18. The highest BCUT2D eigenvalue weighted by molar-refractivity contribution is 5.96. The van der Waals surface area contributed by atoms with Crippen molar-refractivity contribution in [1.82, 2.24) is 4.90 Å². The molecule has 0 aliphatic carbocycles. The van der Waals surface area contributed by atoms with Crippen molar-refractivity contribution in [2.75, 3.05) is 27.4 Å². The summed E-state index contributed by atoms with van der Waals surface area (Å²) in [6.45, 7) is 4.12. The summed E-state index contributed by atoms with van der Waals surface area (Å²) in [6.07, 6.45) is 0. The molecule has 2 aromatic carbocycles. The van der Waals surface area contributed by atoms with Crippen LogP contribution in [-0.4, -0.2) is 44.1 Å². The fourth-order valence-corrected chi connectivity index (χ4v) is 3.23. The lowest BCUT2D eigenvalue weighted by Crippen LogP contribution is -2.34. The summed E-state index contributed by atoms with van der Waals surface area (Å²) in [4.78, 5) is 26.7. The van der Waals surface area contributed by atoms with Gasteiger partial charge in [0.1, 0.15) is 5.58 Å². The molecule has 0 fully saturated rings. The lowest BCUT2D eigenvalue weighted by molar-refractivity contribution is -0.135. The monoisotopic (exact) mass is 411 g/mol. The fourth-order valence-electron chi connectivity index (χ4n) is 3.23. The van der Waals surface area contributed by atoms with Gasteiger partial charge in [-0.3, -0.25) is 4.79 Å². The van der Waals surface area contributed by atoms with Crippen LogP contribution in [0.15, 0.2) is 46.9 Å². The molecular weight excluding hydrogens is 386 g/mol. The van der Waals surface area contributed by atoms with E-state index in [1.165, 1.54) is 0 Å². The van der Waals surface area contributed by atoms with E-state index in [2.05, 4.69) is 0 Å². The zero-order valence-corrected chi connectivity index (χ0v) is 17.6. The van der Waals surface area contributed by atoms with Crippen LogP contribution in [0.5, 0.6) is 11.5 Å². The Morgan fingerprint density at radius 2 is 1.77 bits per heavy atom. The predicted octanol–water partition coefficient (Wildman–Crippen LogP) is 3.96. The van der Waals surface area contributed by atoms with E-state index in [1.807, 2.05) is 37.3 Å². The first-order chi connectivity index (χ1) is 14.5. The molecule has 1 aromatic heterocycles. The van der Waals surface area contributed by atoms with Gasteiger partial charge >= 0.3 is 5.97 Å². The molecule has 0 bridgehead atoms. The Hall–Kier alpha value is -3.48. The molecule has 1 heterocycles. The molecule has 0 aliphatic rings. The van der Waals surface area contributed by atoms with Gasteiger partial charge in [0.15, 0.2) is 18.1 Å². The molecule has 158 valence electrons. The number of ether oxygens (including phenoxy) is 3. The summed E-state index contributed by atoms with van der Waals surface area (Å²) in [5, 5.41) is 0.847. The topological polar surface area (TPSA) is 78.2 Å². The molecule has 7 nitrogen and oxygen atoms in total. The van der Waals surface area contributed by atoms with Crippen LogP contribution in [0.1, 0.15) is 28.6 Å². The molecule has 0 unspecified atom stereocenters. The number of hydrogen-bond donors (Lipinski definition) is 0. The van der Waals surface area contributed by atoms with Gasteiger partial charge in [0.05, 0.1) is 14.2 Å². The number of fused-ring (bicyclic) bond motifs is 1. The second-order valence-electron chi connectivity index (χ2n) is 6.73. The molecule has 0 saturated heterocycles. The number of carbonyl (C=O) groups is 2. The van der Waals surface area contributed by atoms with E-state index in [0.717, 1.165) is 10.9 Å². The number of esters is 1. The number of rotatable bonds is 8. The van der Waals surface area contributed by atoms with Crippen molar-refractivity contribution in [3.63, 3.8) is 0 Å². The van der Waals surface area contributed by atoms with Crippen molar-refractivity contribution in [1.29, 1.82) is 0 Å². The van der Waals surface area contributed by atoms with Crippen LogP contribution in [-0.2, 0) is 16.1 Å². The Labute approximate surface area is 175 Å². The quantitative estimate of drug-likeness (QED) is 0.522. The minimum atomic E-state index is -0.654. The third-order valence-electron chi connectivity index (χ3n) is 4.91. The normalized spacial score (nSPS) is 10.7. The van der Waals surface area contributed by atoms with E-state index >= 15 is 0 Å². The van der Waals surface area contributed by atoms with Crippen LogP contribution in [0, 0.1) is 6.92 Å². The van der Waals surface area contributed by atoms with Crippen molar-refractivity contribution >= 4 is 22.8 Å². The number of furan rings is 1. The maximum atomic E-state index is 12.6. The van der Waals surface area contributed by atoms with E-state index < -0.39 is 5.97 Å². The summed E-state index contributed by atoms with van der Waals surface area (Å²) < 4.78 is 21.4. The number of methoxy groups -OCH3 is 2. The molecule has 3 rings (SSSR count). The van der Waals surface area contributed by atoms with Crippen LogP contribution in [0.3, 0.4) is 0 Å². The number of amides is 1. The first-order valence-electron chi connectivity index (χ1n) is 9.62. The minimum absolute atomic E-state index is 0.118. The second kappa shape index (κ2) is 9.35. The number of aryl methyl sites for hydroxylation is 1. The van der Waals surface area contributed by atoms with Gasteiger partial charge in [-0.25, -0.2) is 4.79 Å². The summed E-state index contributed by atoms with van der Waals surface area (Å²) in [5.74, 6) is 0.372. The third-order valence-corrected chi connectivity index (χ3v) is 4.91. The molecule has 1 amide bonds. The van der Waals surface area contributed by atoms with Crippen molar-refractivity contribution in [2.45, 2.75) is 20.4 Å². The Morgan fingerprint density at radius 3 is 2.43 bits per heavy atom. The molecular formula is C23H25NO6. The van der Waals surface area contributed by atoms with Gasteiger partial charge in [0.25, 0.3) is 5.91 Å². The third kappa shape index (κ3) is 4.40. The molecule has 0 N–H and O–H groups in total. The number of benzene rings is 2. The number of carbonyl (C=O) groups excluding carboxylic acids is 2. The van der Waals surface area contributed by atoms with Gasteiger partial charge in [0.2, 0.25) is 5.76 Å². The Balaban J connectivity index is 1.65. The SMILES string of the molecule is CCN(Cc1ccc(OC)c(OC)c1)C(=O)COC(=O)c1oc2ccccc2c1C. The molecule has 0 aliphatic heterocycles. The molecule has 0 atom stereocenters. The molecule has 0 radical (unpaired) electrons. The van der Waals surface area contributed by atoms with Gasteiger partial charge in [-0.05, 0) is 37.6 Å². The maximum absolute atomic E-state index is 12.6. The van der Waals surface area contributed by atoms with E-state index in [4.69, 9.17) is 18.6 Å². The van der Waals surface area contributed by atoms with E-state index in [0.29, 0.717) is 35.7 Å². The van der Waals surface area contributed by atoms with Crippen LogP contribution in [0.4, 0.5) is 0 Å². The molecule has 30 heavy (non-hydrogen) atoms. The number of hydrogen-bond acceptors (Lipinski definition) is 6. The van der Waals surface area contributed by atoms with Gasteiger partial charge in [-0.1, -0.05) is 24.3 Å². The Kier molecular flexibility index (Phi) is 6.61. The zero-order chi connectivity index (χ0) is 21.7. The Bertz CT molecular complexity index is 1060. The Morgan fingerprint density at radius 1 is 1.03 bits per heavy atom. The molecule has 7 heteroatoms. The van der Waals surface area contributed by atoms with Crippen molar-refractivity contribution in [2.24, 2.45) is 0 Å². The molecule has 0 spiro atoms. The predicted molar refractivity (Wildman–Crippen MR) is 112 cm³/mol. The average Bonchev–Trinajstić information content (AvgIpc) is 3.12. The maximum Gasteiger partial charge on any atom is 0.375 e. The number of para-hydroxylation sites is 1. The van der Waals surface area contributed by atoms with E-state index in [9.17, 15) is 9.59 Å². The molecule has 3 aromatic rings. The van der Waals surface area contributed by atoms with Crippen molar-refractivity contribution < 1.29 is 28.2 Å². The summed E-state index contributed by atoms with van der Waals surface area (Å²) >= 11 is 0. The summed E-state index contributed by atoms with van der Waals surface area (Å²) in [7, 11) is 3.13. The van der Waals surface area contributed by atoms with Crippen LogP contribution >= 0.6 is 0 Å². The van der Waals surface area contributed by atoms with Crippen LogP contribution in [0.25, 0.3) is 11.0 Å². The lowest BCUT2D eigenvalue weighted by atomic mass is 10.1.